The topological polar surface area (TPSA) is 97.7 Å². The number of ether oxygens (including phenoxy) is 1. The quantitative estimate of drug-likeness (QED) is 0.500. The van der Waals surface area contributed by atoms with Crippen LogP contribution in [0.5, 0.6) is 5.75 Å². The van der Waals surface area contributed by atoms with Gasteiger partial charge in [0, 0.05) is 45.7 Å². The fourth-order valence-corrected chi connectivity index (χ4v) is 4.84. The summed E-state index contributed by atoms with van der Waals surface area (Å²) in [6.45, 7) is 8.51. The molecule has 2 saturated heterocycles. The van der Waals surface area contributed by atoms with Gasteiger partial charge in [-0.2, -0.15) is 5.26 Å². The molecule has 0 aromatic heterocycles. The van der Waals surface area contributed by atoms with Gasteiger partial charge in [-0.15, -0.1) is 0 Å². The predicted octanol–water partition coefficient (Wildman–Crippen LogP) is 2.60. The Hall–Kier alpha value is -2.79. The van der Waals surface area contributed by atoms with Crippen LogP contribution in [0, 0.1) is 23.2 Å². The molecule has 8 nitrogen and oxygen atoms in total. The fourth-order valence-electron chi connectivity index (χ4n) is 4.84. The summed E-state index contributed by atoms with van der Waals surface area (Å²) < 4.78 is 5.67. The van der Waals surface area contributed by atoms with Crippen LogP contribution < -0.4 is 15.4 Å². The number of unbranched alkanes of at least 4 members (excludes halogenated alkanes) is 1. The van der Waals surface area contributed by atoms with Crippen molar-refractivity contribution in [2.45, 2.75) is 39.0 Å². The van der Waals surface area contributed by atoms with Crippen molar-refractivity contribution in [2.24, 2.45) is 11.8 Å². The van der Waals surface area contributed by atoms with Gasteiger partial charge >= 0.3 is 6.03 Å². The second-order valence-corrected chi connectivity index (χ2v) is 9.11. The molecule has 3 rings (SSSR count). The Morgan fingerprint density at radius 3 is 2.45 bits per heavy atom. The monoisotopic (exact) mass is 455 g/mol. The summed E-state index contributed by atoms with van der Waals surface area (Å²) in [7, 11) is 0. The molecular weight excluding hydrogens is 418 g/mol. The van der Waals surface area contributed by atoms with Crippen molar-refractivity contribution in [1.29, 1.82) is 5.26 Å². The summed E-state index contributed by atoms with van der Waals surface area (Å²) in [6.07, 6.45) is 4.53. The zero-order chi connectivity index (χ0) is 23.5. The lowest BCUT2D eigenvalue weighted by molar-refractivity contribution is -0.121. The molecule has 3 amide bonds. The summed E-state index contributed by atoms with van der Waals surface area (Å²) in [5, 5.41) is 14.7. The number of carbonyl (C=O) groups excluding carboxylic acids is 2. The fraction of sp³-hybridized carbons (Fsp3) is 0.640. The Morgan fingerprint density at radius 1 is 1.06 bits per heavy atom. The molecule has 1 aromatic carbocycles. The van der Waals surface area contributed by atoms with Crippen LogP contribution in [0.15, 0.2) is 24.3 Å². The number of piperidine rings is 2. The highest BCUT2D eigenvalue weighted by molar-refractivity contribution is 5.75. The SMILES string of the molecule is CCNC(=O)CCCCN1CC2CC(C1)CN(C(=O)NCCCOc1ccc(C#N)cc1)C2. The summed E-state index contributed by atoms with van der Waals surface area (Å²) in [4.78, 5) is 28.7. The molecule has 2 unspecified atom stereocenters. The van der Waals surface area contributed by atoms with Crippen molar-refractivity contribution < 1.29 is 14.3 Å². The molecule has 33 heavy (non-hydrogen) atoms. The lowest BCUT2D eigenvalue weighted by atomic mass is 9.84. The minimum absolute atomic E-state index is 0.0264. The molecule has 2 atom stereocenters. The number of benzene rings is 1. The van der Waals surface area contributed by atoms with Gasteiger partial charge in [0.05, 0.1) is 18.2 Å². The minimum atomic E-state index is 0.0264. The first-order valence-corrected chi connectivity index (χ1v) is 12.2. The maximum atomic E-state index is 12.6. The molecule has 2 bridgehead atoms. The molecule has 2 heterocycles. The Balaban J connectivity index is 1.28. The van der Waals surface area contributed by atoms with E-state index in [2.05, 4.69) is 21.6 Å². The molecule has 2 N–H and O–H groups in total. The number of urea groups is 1. The van der Waals surface area contributed by atoms with Crippen LogP contribution in [-0.2, 0) is 4.79 Å². The molecule has 2 aliphatic rings. The normalized spacial score (nSPS) is 20.1. The highest BCUT2D eigenvalue weighted by Gasteiger charge is 2.35. The number of amides is 3. The van der Waals surface area contributed by atoms with E-state index in [0.29, 0.717) is 43.5 Å². The molecule has 0 aliphatic carbocycles. The van der Waals surface area contributed by atoms with Crippen LogP contribution in [-0.4, -0.2) is 74.2 Å². The molecule has 2 fully saturated rings. The van der Waals surface area contributed by atoms with Crippen molar-refractivity contribution >= 4 is 11.9 Å². The van der Waals surface area contributed by atoms with E-state index in [1.54, 1.807) is 24.3 Å². The van der Waals surface area contributed by atoms with Crippen molar-refractivity contribution in [2.75, 3.05) is 52.4 Å². The lowest BCUT2D eigenvalue weighted by Gasteiger charge is -2.45. The highest BCUT2D eigenvalue weighted by atomic mass is 16.5. The second-order valence-electron chi connectivity index (χ2n) is 9.11. The first kappa shape index (κ1) is 24.8. The van der Waals surface area contributed by atoms with E-state index >= 15 is 0 Å². The first-order chi connectivity index (χ1) is 16.1. The van der Waals surface area contributed by atoms with E-state index < -0.39 is 0 Å². The number of rotatable bonds is 11. The third-order valence-corrected chi connectivity index (χ3v) is 6.30. The van der Waals surface area contributed by atoms with Gasteiger partial charge in [-0.1, -0.05) is 0 Å². The third kappa shape index (κ3) is 8.25. The second kappa shape index (κ2) is 13.0. The smallest absolute Gasteiger partial charge is 0.317 e. The number of fused-ring (bicyclic) bond motifs is 2. The standard InChI is InChI=1S/C25H37N5O3/c1-2-27-24(31)6-3-4-12-29-16-21-14-22(17-29)19-30(18-21)25(32)28-11-5-13-33-23-9-7-20(15-26)8-10-23/h7-10,21-22H,2-6,11-14,16-19H2,1H3,(H,27,31)(H,28,32). The lowest BCUT2D eigenvalue weighted by Crippen LogP contribution is -2.56. The number of carbonyl (C=O) groups is 2. The largest absolute Gasteiger partial charge is 0.494 e. The predicted molar refractivity (Wildman–Crippen MR) is 127 cm³/mol. The van der Waals surface area contributed by atoms with Gasteiger partial charge < -0.3 is 25.2 Å². The summed E-state index contributed by atoms with van der Waals surface area (Å²) in [5.74, 6) is 1.95. The van der Waals surface area contributed by atoms with E-state index in [1.165, 1.54) is 6.42 Å². The molecule has 0 saturated carbocycles. The van der Waals surface area contributed by atoms with Gasteiger partial charge in [-0.05, 0) is 75.3 Å². The van der Waals surface area contributed by atoms with Gasteiger partial charge in [0.1, 0.15) is 5.75 Å². The Morgan fingerprint density at radius 2 is 1.79 bits per heavy atom. The number of hydrogen-bond donors (Lipinski definition) is 2. The van der Waals surface area contributed by atoms with E-state index in [0.717, 1.165) is 57.7 Å². The van der Waals surface area contributed by atoms with Crippen LogP contribution >= 0.6 is 0 Å². The number of nitriles is 1. The highest BCUT2D eigenvalue weighted by Crippen LogP contribution is 2.28. The summed E-state index contributed by atoms with van der Waals surface area (Å²) in [5.41, 5.74) is 0.612. The molecule has 8 heteroatoms. The molecule has 0 spiro atoms. The zero-order valence-electron chi connectivity index (χ0n) is 19.7. The Bertz CT molecular complexity index is 793. The van der Waals surface area contributed by atoms with Gasteiger partial charge in [0.2, 0.25) is 5.91 Å². The van der Waals surface area contributed by atoms with Crippen LogP contribution in [0.25, 0.3) is 0 Å². The van der Waals surface area contributed by atoms with Gasteiger partial charge in [0.25, 0.3) is 0 Å². The molecule has 1 aromatic rings. The number of hydrogen-bond acceptors (Lipinski definition) is 5. The average Bonchev–Trinajstić information content (AvgIpc) is 2.81. The van der Waals surface area contributed by atoms with Crippen LogP contribution in [0.2, 0.25) is 0 Å². The van der Waals surface area contributed by atoms with Gasteiger partial charge in [0.15, 0.2) is 0 Å². The molecular formula is C25H37N5O3. The summed E-state index contributed by atoms with van der Waals surface area (Å²) >= 11 is 0. The number of nitrogens with zero attached hydrogens (tertiary/aromatic N) is 3. The maximum Gasteiger partial charge on any atom is 0.317 e. The zero-order valence-corrected chi connectivity index (χ0v) is 19.7. The van der Waals surface area contributed by atoms with Crippen molar-refractivity contribution in [3.63, 3.8) is 0 Å². The van der Waals surface area contributed by atoms with E-state index in [9.17, 15) is 9.59 Å². The average molecular weight is 456 g/mol. The van der Waals surface area contributed by atoms with Gasteiger partial charge in [-0.3, -0.25) is 4.79 Å². The Labute approximate surface area is 197 Å². The maximum absolute atomic E-state index is 12.6. The number of nitrogens with one attached hydrogen (secondary N) is 2. The molecule has 0 radical (unpaired) electrons. The van der Waals surface area contributed by atoms with E-state index in [4.69, 9.17) is 10.00 Å². The van der Waals surface area contributed by atoms with Crippen LogP contribution in [0.3, 0.4) is 0 Å². The van der Waals surface area contributed by atoms with Gasteiger partial charge in [-0.25, -0.2) is 4.79 Å². The van der Waals surface area contributed by atoms with E-state index in [1.807, 2.05) is 11.8 Å². The molecule has 2 aliphatic heterocycles. The van der Waals surface area contributed by atoms with Crippen LogP contribution in [0.1, 0.15) is 44.6 Å². The molecule has 180 valence electrons. The first-order valence-electron chi connectivity index (χ1n) is 12.2. The Kier molecular flexibility index (Phi) is 9.82. The number of likely N-dealkylation sites (tertiary alicyclic amines) is 2. The van der Waals surface area contributed by atoms with Crippen LogP contribution in [0.4, 0.5) is 4.79 Å². The van der Waals surface area contributed by atoms with Crippen molar-refractivity contribution in [3.05, 3.63) is 29.8 Å². The van der Waals surface area contributed by atoms with Crippen molar-refractivity contribution in [1.82, 2.24) is 20.4 Å². The summed E-state index contributed by atoms with van der Waals surface area (Å²) in [6, 6.07) is 9.16. The van der Waals surface area contributed by atoms with Crippen molar-refractivity contribution in [3.8, 4) is 11.8 Å². The minimum Gasteiger partial charge on any atom is -0.494 e. The van der Waals surface area contributed by atoms with E-state index in [-0.39, 0.29) is 11.9 Å². The third-order valence-electron chi connectivity index (χ3n) is 6.30.